The Morgan fingerprint density at radius 1 is 1.29 bits per heavy atom. The summed E-state index contributed by atoms with van der Waals surface area (Å²) in [7, 11) is 0. The number of carbonyl (C=O) groups excluding carboxylic acids is 1. The predicted molar refractivity (Wildman–Crippen MR) is 63.2 cm³/mol. The Morgan fingerprint density at radius 2 is 1.94 bits per heavy atom. The maximum absolute atomic E-state index is 10.7. The fourth-order valence-corrected chi connectivity index (χ4v) is 1.83. The van der Waals surface area contributed by atoms with Gasteiger partial charge in [0.15, 0.2) is 6.10 Å². The number of halogens is 3. The molecule has 1 unspecified atom stereocenters. The molecule has 1 atom stereocenters. The number of carbonyl (C=O) groups is 1. The summed E-state index contributed by atoms with van der Waals surface area (Å²) in [6.45, 7) is 0.341. The molecule has 2 rings (SSSR count). The number of hydrogen-bond acceptors (Lipinski definition) is 4. The predicted octanol–water partition coefficient (Wildman–Crippen LogP) is 3.56. The van der Waals surface area contributed by atoms with E-state index in [-0.39, 0.29) is 18.2 Å². The number of benzene rings is 1. The minimum absolute atomic E-state index is 0.167. The van der Waals surface area contributed by atoms with Crippen molar-refractivity contribution in [3.05, 3.63) is 27.2 Å². The Morgan fingerprint density at radius 3 is 2.47 bits per heavy atom. The SMILES string of the molecule is O=C1OCC(COc2cc(Cl)c(Cl)c(Cl)c2)O1. The molecule has 92 valence electrons. The summed E-state index contributed by atoms with van der Waals surface area (Å²) >= 11 is 17.4. The van der Waals surface area contributed by atoms with Crippen molar-refractivity contribution < 1.29 is 19.0 Å². The van der Waals surface area contributed by atoms with E-state index in [2.05, 4.69) is 4.74 Å². The van der Waals surface area contributed by atoms with Crippen LogP contribution < -0.4 is 4.74 Å². The molecule has 0 N–H and O–H groups in total. The first-order chi connectivity index (χ1) is 8.06. The van der Waals surface area contributed by atoms with Crippen molar-refractivity contribution in [2.45, 2.75) is 6.10 Å². The molecule has 4 nitrogen and oxygen atoms in total. The van der Waals surface area contributed by atoms with Crippen molar-refractivity contribution in [1.29, 1.82) is 0 Å². The maximum Gasteiger partial charge on any atom is 0.508 e. The second-order valence-corrected chi connectivity index (χ2v) is 4.51. The Balaban J connectivity index is 1.97. The first kappa shape index (κ1) is 12.6. The molecule has 0 aromatic heterocycles. The average Bonchev–Trinajstić information content (AvgIpc) is 2.69. The molecule has 0 saturated carbocycles. The van der Waals surface area contributed by atoms with Gasteiger partial charge in [0.2, 0.25) is 0 Å². The maximum atomic E-state index is 10.7. The minimum atomic E-state index is -0.689. The van der Waals surface area contributed by atoms with E-state index in [1.807, 2.05) is 0 Å². The van der Waals surface area contributed by atoms with Crippen molar-refractivity contribution >= 4 is 41.0 Å². The van der Waals surface area contributed by atoms with E-state index in [0.717, 1.165) is 0 Å². The van der Waals surface area contributed by atoms with Crippen LogP contribution in [0.1, 0.15) is 0 Å². The van der Waals surface area contributed by atoms with Gasteiger partial charge in [0.25, 0.3) is 0 Å². The number of rotatable bonds is 3. The monoisotopic (exact) mass is 296 g/mol. The highest BCUT2D eigenvalue weighted by Crippen LogP contribution is 2.34. The molecular formula is C10H7Cl3O4. The van der Waals surface area contributed by atoms with E-state index in [1.165, 1.54) is 12.1 Å². The normalized spacial score (nSPS) is 18.8. The Hall–Kier alpha value is -0.840. The summed E-state index contributed by atoms with van der Waals surface area (Å²) in [4.78, 5) is 10.7. The van der Waals surface area contributed by atoms with Gasteiger partial charge in [-0.05, 0) is 0 Å². The van der Waals surface area contributed by atoms with Crippen molar-refractivity contribution in [1.82, 2.24) is 0 Å². The molecule has 0 aliphatic carbocycles. The standard InChI is InChI=1S/C10H7Cl3O4/c11-7-1-5(2-8(12)9(7)13)15-3-6-4-16-10(14)17-6/h1-2,6H,3-4H2. The van der Waals surface area contributed by atoms with E-state index in [4.69, 9.17) is 44.3 Å². The van der Waals surface area contributed by atoms with Crippen molar-refractivity contribution in [2.24, 2.45) is 0 Å². The van der Waals surface area contributed by atoms with Crippen LogP contribution >= 0.6 is 34.8 Å². The lowest BCUT2D eigenvalue weighted by molar-refractivity contribution is 0.0983. The summed E-state index contributed by atoms with van der Waals surface area (Å²) in [5, 5.41) is 0.874. The first-order valence-electron chi connectivity index (χ1n) is 4.67. The van der Waals surface area contributed by atoms with Gasteiger partial charge in [-0.3, -0.25) is 0 Å². The quantitative estimate of drug-likeness (QED) is 0.632. The van der Waals surface area contributed by atoms with Gasteiger partial charge in [0.05, 0.1) is 15.1 Å². The Labute approximate surface area is 112 Å². The lowest BCUT2D eigenvalue weighted by Crippen LogP contribution is -2.19. The molecule has 0 radical (unpaired) electrons. The van der Waals surface area contributed by atoms with Gasteiger partial charge in [-0.25, -0.2) is 4.79 Å². The van der Waals surface area contributed by atoms with Crippen LogP contribution in [0, 0.1) is 0 Å². The molecule has 7 heteroatoms. The van der Waals surface area contributed by atoms with Crippen molar-refractivity contribution in [2.75, 3.05) is 13.2 Å². The smallest absolute Gasteiger partial charge is 0.489 e. The van der Waals surface area contributed by atoms with Gasteiger partial charge < -0.3 is 14.2 Å². The fourth-order valence-electron chi connectivity index (χ4n) is 1.25. The fraction of sp³-hybridized carbons (Fsp3) is 0.300. The van der Waals surface area contributed by atoms with Crippen LogP contribution in [0.3, 0.4) is 0 Å². The molecule has 17 heavy (non-hydrogen) atoms. The second-order valence-electron chi connectivity index (χ2n) is 3.31. The Bertz CT molecular complexity index is 426. The summed E-state index contributed by atoms with van der Waals surface area (Å²) in [6.07, 6.45) is -1.11. The minimum Gasteiger partial charge on any atom is -0.489 e. The van der Waals surface area contributed by atoms with Crippen LogP contribution in [0.2, 0.25) is 15.1 Å². The highest BCUT2D eigenvalue weighted by atomic mass is 35.5. The van der Waals surface area contributed by atoms with E-state index in [1.54, 1.807) is 0 Å². The van der Waals surface area contributed by atoms with Gasteiger partial charge in [0.1, 0.15) is 19.0 Å². The summed E-state index contributed by atoms with van der Waals surface area (Å²) < 4.78 is 14.8. The number of ether oxygens (including phenoxy) is 3. The molecule has 1 aliphatic heterocycles. The largest absolute Gasteiger partial charge is 0.508 e. The summed E-state index contributed by atoms with van der Waals surface area (Å²) in [5.74, 6) is 0.451. The third-order valence-electron chi connectivity index (χ3n) is 2.04. The van der Waals surface area contributed by atoms with Gasteiger partial charge in [-0.1, -0.05) is 34.8 Å². The molecule has 1 aliphatic rings. The molecule has 0 bridgehead atoms. The third-order valence-corrected chi connectivity index (χ3v) is 3.24. The van der Waals surface area contributed by atoms with Crippen molar-refractivity contribution in [3.63, 3.8) is 0 Å². The molecule has 1 heterocycles. The highest BCUT2D eigenvalue weighted by molar-refractivity contribution is 6.48. The van der Waals surface area contributed by atoms with Gasteiger partial charge >= 0.3 is 6.16 Å². The van der Waals surface area contributed by atoms with E-state index < -0.39 is 12.3 Å². The first-order valence-corrected chi connectivity index (χ1v) is 5.80. The molecule has 0 spiro atoms. The summed E-state index contributed by atoms with van der Waals surface area (Å²) in [5.41, 5.74) is 0. The second kappa shape index (κ2) is 5.21. The van der Waals surface area contributed by atoms with Crippen LogP contribution in [0.5, 0.6) is 5.75 Å². The number of hydrogen-bond donors (Lipinski definition) is 0. The van der Waals surface area contributed by atoms with Crippen LogP contribution in [0.4, 0.5) is 4.79 Å². The highest BCUT2D eigenvalue weighted by Gasteiger charge is 2.25. The summed E-state index contributed by atoms with van der Waals surface area (Å²) in [6, 6.07) is 3.07. The van der Waals surface area contributed by atoms with Crippen LogP contribution in [-0.4, -0.2) is 25.5 Å². The van der Waals surface area contributed by atoms with Crippen molar-refractivity contribution in [3.8, 4) is 5.75 Å². The zero-order valence-corrected chi connectivity index (χ0v) is 10.7. The average molecular weight is 298 g/mol. The zero-order valence-electron chi connectivity index (χ0n) is 8.41. The molecule has 1 aromatic carbocycles. The van der Waals surface area contributed by atoms with Crippen LogP contribution in [-0.2, 0) is 9.47 Å². The van der Waals surface area contributed by atoms with Crippen LogP contribution in [0.25, 0.3) is 0 Å². The lowest BCUT2D eigenvalue weighted by Gasteiger charge is -2.10. The van der Waals surface area contributed by atoms with Gasteiger partial charge in [-0.2, -0.15) is 0 Å². The van der Waals surface area contributed by atoms with Gasteiger partial charge in [0, 0.05) is 12.1 Å². The molecule has 0 amide bonds. The molecule has 1 aromatic rings. The van der Waals surface area contributed by atoms with E-state index in [0.29, 0.717) is 15.8 Å². The number of cyclic esters (lactones) is 2. The third kappa shape index (κ3) is 3.09. The Kier molecular flexibility index (Phi) is 3.86. The molecule has 1 fully saturated rings. The van der Waals surface area contributed by atoms with E-state index in [9.17, 15) is 4.79 Å². The molecule has 1 saturated heterocycles. The topological polar surface area (TPSA) is 44.8 Å². The van der Waals surface area contributed by atoms with E-state index >= 15 is 0 Å². The van der Waals surface area contributed by atoms with Gasteiger partial charge in [-0.15, -0.1) is 0 Å². The molecular weight excluding hydrogens is 290 g/mol. The zero-order chi connectivity index (χ0) is 12.4. The lowest BCUT2D eigenvalue weighted by atomic mass is 10.3. The van der Waals surface area contributed by atoms with Crippen LogP contribution in [0.15, 0.2) is 12.1 Å².